The number of nitrogens with one attached hydrogen (secondary N) is 1. The largest absolute Gasteiger partial charge is 0.461 e. The molecule has 0 aromatic heterocycles. The highest BCUT2D eigenvalue weighted by Crippen LogP contribution is 2.03. The molecule has 0 aliphatic carbocycles. The van der Waals surface area contributed by atoms with Crippen molar-refractivity contribution in [1.82, 2.24) is 5.32 Å². The summed E-state index contributed by atoms with van der Waals surface area (Å²) in [5, 5.41) is 2.65. The summed E-state index contributed by atoms with van der Waals surface area (Å²) in [5.74, 6) is -0.364. The molecule has 0 aliphatic rings. The van der Waals surface area contributed by atoms with Crippen molar-refractivity contribution in [2.24, 2.45) is 5.73 Å². The van der Waals surface area contributed by atoms with Gasteiger partial charge in [-0.3, -0.25) is 9.59 Å². The topological polar surface area (TPSA) is 81.4 Å². The highest BCUT2D eigenvalue weighted by Gasteiger charge is 2.06. The zero-order valence-electron chi connectivity index (χ0n) is 11.3. The van der Waals surface area contributed by atoms with Crippen LogP contribution in [0.1, 0.15) is 24.8 Å². The molecular formula is C14H21ClN2O3. The maximum Gasteiger partial charge on any atom is 0.306 e. The van der Waals surface area contributed by atoms with E-state index in [4.69, 9.17) is 10.5 Å². The van der Waals surface area contributed by atoms with Crippen LogP contribution in [0.4, 0.5) is 0 Å². The van der Waals surface area contributed by atoms with Crippen molar-refractivity contribution in [3.63, 3.8) is 0 Å². The molecule has 0 radical (unpaired) electrons. The van der Waals surface area contributed by atoms with E-state index in [1.807, 2.05) is 30.3 Å². The fourth-order valence-corrected chi connectivity index (χ4v) is 1.50. The number of ether oxygens (including phenoxy) is 1. The second-order valence-corrected chi connectivity index (χ2v) is 4.14. The van der Waals surface area contributed by atoms with Crippen LogP contribution in [0.3, 0.4) is 0 Å². The van der Waals surface area contributed by atoms with Crippen LogP contribution in [-0.2, 0) is 20.9 Å². The lowest BCUT2D eigenvalue weighted by atomic mass is 10.2. The third kappa shape index (κ3) is 8.50. The molecule has 0 bridgehead atoms. The van der Waals surface area contributed by atoms with Gasteiger partial charge in [0.25, 0.3) is 0 Å². The van der Waals surface area contributed by atoms with E-state index < -0.39 is 0 Å². The summed E-state index contributed by atoms with van der Waals surface area (Å²) in [6, 6.07) is 9.49. The summed E-state index contributed by atoms with van der Waals surface area (Å²) in [4.78, 5) is 22.7. The number of halogens is 1. The van der Waals surface area contributed by atoms with Crippen molar-refractivity contribution in [2.45, 2.75) is 25.9 Å². The van der Waals surface area contributed by atoms with Crippen LogP contribution in [-0.4, -0.2) is 25.0 Å². The molecule has 0 fully saturated rings. The molecule has 0 atom stereocenters. The number of carbonyl (C=O) groups is 2. The van der Waals surface area contributed by atoms with Gasteiger partial charge in [-0.25, -0.2) is 0 Å². The molecule has 0 unspecified atom stereocenters. The maximum absolute atomic E-state index is 11.4. The standard InChI is InChI=1S/C14H20N2O3.ClH/c15-9-10-16-13(17)7-4-8-14(18)19-11-12-5-2-1-3-6-12;/h1-3,5-6H,4,7-11,15H2,(H,16,17);1H. The summed E-state index contributed by atoms with van der Waals surface area (Å²) in [6.07, 6.45) is 1.06. The van der Waals surface area contributed by atoms with Crippen LogP contribution in [0.5, 0.6) is 0 Å². The van der Waals surface area contributed by atoms with Crippen LogP contribution < -0.4 is 11.1 Å². The minimum Gasteiger partial charge on any atom is -0.461 e. The fraction of sp³-hybridized carbons (Fsp3) is 0.429. The summed E-state index contributed by atoms with van der Waals surface area (Å²) >= 11 is 0. The average Bonchev–Trinajstić information content (AvgIpc) is 2.44. The van der Waals surface area contributed by atoms with E-state index in [2.05, 4.69) is 5.32 Å². The number of benzene rings is 1. The molecule has 5 nitrogen and oxygen atoms in total. The molecule has 1 aromatic rings. The molecule has 1 amide bonds. The lowest BCUT2D eigenvalue weighted by molar-refractivity contribution is -0.145. The molecule has 0 spiro atoms. The van der Waals surface area contributed by atoms with E-state index in [9.17, 15) is 9.59 Å². The van der Waals surface area contributed by atoms with Gasteiger partial charge in [0.15, 0.2) is 0 Å². The molecule has 20 heavy (non-hydrogen) atoms. The van der Waals surface area contributed by atoms with E-state index in [0.29, 0.717) is 25.9 Å². The molecular weight excluding hydrogens is 280 g/mol. The Kier molecular flexibility index (Phi) is 10.4. The highest BCUT2D eigenvalue weighted by atomic mass is 35.5. The number of rotatable bonds is 8. The molecule has 3 N–H and O–H groups in total. The van der Waals surface area contributed by atoms with Gasteiger partial charge >= 0.3 is 5.97 Å². The summed E-state index contributed by atoms with van der Waals surface area (Å²) < 4.78 is 5.10. The first-order valence-electron chi connectivity index (χ1n) is 6.38. The normalized spacial score (nSPS) is 9.45. The zero-order valence-corrected chi connectivity index (χ0v) is 12.2. The first-order valence-corrected chi connectivity index (χ1v) is 6.38. The smallest absolute Gasteiger partial charge is 0.306 e. The third-order valence-electron chi connectivity index (χ3n) is 2.49. The second kappa shape index (κ2) is 11.3. The van der Waals surface area contributed by atoms with Crippen molar-refractivity contribution in [1.29, 1.82) is 0 Å². The number of amides is 1. The minimum atomic E-state index is -0.282. The third-order valence-corrected chi connectivity index (χ3v) is 2.49. The van der Waals surface area contributed by atoms with Crippen LogP contribution in [0, 0.1) is 0 Å². The predicted molar refractivity (Wildman–Crippen MR) is 79.4 cm³/mol. The Morgan fingerprint density at radius 1 is 1.15 bits per heavy atom. The lowest BCUT2D eigenvalue weighted by Crippen LogP contribution is -2.28. The Morgan fingerprint density at radius 2 is 1.85 bits per heavy atom. The number of esters is 1. The summed E-state index contributed by atoms with van der Waals surface area (Å²) in [5.41, 5.74) is 6.21. The van der Waals surface area contributed by atoms with Crippen molar-refractivity contribution in [3.8, 4) is 0 Å². The molecule has 1 rings (SSSR count). The molecule has 112 valence electrons. The Bertz CT molecular complexity index is 399. The van der Waals surface area contributed by atoms with Crippen molar-refractivity contribution >= 4 is 24.3 Å². The van der Waals surface area contributed by atoms with Crippen LogP contribution >= 0.6 is 12.4 Å². The molecule has 6 heteroatoms. The van der Waals surface area contributed by atoms with E-state index in [0.717, 1.165) is 5.56 Å². The number of nitrogens with two attached hydrogens (primary N) is 1. The Balaban J connectivity index is 0.00000361. The second-order valence-electron chi connectivity index (χ2n) is 4.14. The van der Waals surface area contributed by atoms with Crippen molar-refractivity contribution in [2.75, 3.05) is 13.1 Å². The Morgan fingerprint density at radius 3 is 2.50 bits per heavy atom. The van der Waals surface area contributed by atoms with Gasteiger partial charge in [0.1, 0.15) is 6.61 Å². The molecule has 0 saturated heterocycles. The van der Waals surface area contributed by atoms with Gasteiger partial charge in [0.05, 0.1) is 0 Å². The molecule has 1 aromatic carbocycles. The van der Waals surface area contributed by atoms with E-state index in [-0.39, 0.29) is 37.3 Å². The number of hydrogen-bond donors (Lipinski definition) is 2. The van der Waals surface area contributed by atoms with E-state index in [1.54, 1.807) is 0 Å². The van der Waals surface area contributed by atoms with Crippen molar-refractivity contribution < 1.29 is 14.3 Å². The summed E-state index contributed by atoms with van der Waals surface area (Å²) in [7, 11) is 0. The number of hydrogen-bond acceptors (Lipinski definition) is 4. The highest BCUT2D eigenvalue weighted by molar-refractivity contribution is 5.85. The van der Waals surface area contributed by atoms with Gasteiger partial charge in [0.2, 0.25) is 5.91 Å². The predicted octanol–water partition coefficient (Wildman–Crippen LogP) is 1.40. The van der Waals surface area contributed by atoms with Gasteiger partial charge in [-0.2, -0.15) is 0 Å². The molecule has 0 heterocycles. The van der Waals surface area contributed by atoms with Gasteiger partial charge in [-0.15, -0.1) is 12.4 Å². The van der Waals surface area contributed by atoms with Crippen LogP contribution in [0.25, 0.3) is 0 Å². The first-order chi connectivity index (χ1) is 9.22. The van der Waals surface area contributed by atoms with Crippen molar-refractivity contribution in [3.05, 3.63) is 35.9 Å². The Labute approximate surface area is 125 Å². The first kappa shape index (κ1) is 18.4. The van der Waals surface area contributed by atoms with Gasteiger partial charge in [0, 0.05) is 25.9 Å². The molecule has 0 aliphatic heterocycles. The van der Waals surface area contributed by atoms with Gasteiger partial charge in [-0.1, -0.05) is 30.3 Å². The quantitative estimate of drug-likeness (QED) is 0.711. The summed E-state index contributed by atoms with van der Waals surface area (Å²) in [6.45, 7) is 1.17. The number of carbonyl (C=O) groups excluding carboxylic acids is 2. The Hall–Kier alpha value is -1.59. The maximum atomic E-state index is 11.4. The van der Waals surface area contributed by atoms with E-state index in [1.165, 1.54) is 0 Å². The molecule has 0 saturated carbocycles. The van der Waals surface area contributed by atoms with Gasteiger partial charge < -0.3 is 15.8 Å². The van der Waals surface area contributed by atoms with Gasteiger partial charge in [-0.05, 0) is 12.0 Å². The zero-order chi connectivity index (χ0) is 13.9. The van der Waals surface area contributed by atoms with Crippen LogP contribution in [0.15, 0.2) is 30.3 Å². The average molecular weight is 301 g/mol. The van der Waals surface area contributed by atoms with E-state index >= 15 is 0 Å². The minimum absolute atomic E-state index is 0. The SMILES string of the molecule is Cl.NCCNC(=O)CCCC(=O)OCc1ccccc1. The monoisotopic (exact) mass is 300 g/mol. The lowest BCUT2D eigenvalue weighted by Gasteiger charge is -2.05. The fourth-order valence-electron chi connectivity index (χ4n) is 1.50. The van der Waals surface area contributed by atoms with Crippen LogP contribution in [0.2, 0.25) is 0 Å².